The Morgan fingerprint density at radius 2 is 2.09 bits per heavy atom. The van der Waals surface area contributed by atoms with E-state index in [1.54, 1.807) is 7.05 Å². The maximum absolute atomic E-state index is 12.4. The minimum absolute atomic E-state index is 0.0197. The van der Waals surface area contributed by atoms with E-state index >= 15 is 0 Å². The number of aryl methyl sites for hydroxylation is 2. The highest BCUT2D eigenvalue weighted by molar-refractivity contribution is 7.91. The van der Waals surface area contributed by atoms with Crippen LogP contribution in [-0.4, -0.2) is 36.6 Å². The van der Waals surface area contributed by atoms with E-state index < -0.39 is 9.84 Å². The van der Waals surface area contributed by atoms with E-state index in [0.717, 1.165) is 35.6 Å². The zero-order valence-electron chi connectivity index (χ0n) is 18.1. The van der Waals surface area contributed by atoms with E-state index in [1.165, 1.54) is 28.2 Å². The van der Waals surface area contributed by atoms with E-state index in [4.69, 9.17) is 22.1 Å². The maximum atomic E-state index is 12.4. The van der Waals surface area contributed by atoms with Gasteiger partial charge in [0.1, 0.15) is 10.6 Å². The lowest BCUT2D eigenvalue weighted by Gasteiger charge is -2.32. The Balaban J connectivity index is 1.41. The fraction of sp³-hybridized carbons (Fsp3) is 0.375. The molecule has 2 aromatic carbocycles. The summed E-state index contributed by atoms with van der Waals surface area (Å²) in [6, 6.07) is 14.1. The smallest absolute Gasteiger partial charge is 0.181 e. The van der Waals surface area contributed by atoms with Crippen LogP contribution in [0.5, 0.6) is 5.75 Å². The number of rotatable bonds is 8. The van der Waals surface area contributed by atoms with Crippen molar-refractivity contribution >= 4 is 21.4 Å². The third-order valence-electron chi connectivity index (χ3n) is 5.99. The average Bonchev–Trinajstić information content (AvgIpc) is 3.21. The second-order valence-corrected chi connectivity index (χ2v) is 10.9. The van der Waals surface area contributed by atoms with Crippen LogP contribution in [0.1, 0.15) is 35.4 Å². The lowest BCUT2D eigenvalue weighted by atomic mass is 9.76. The number of aromatic nitrogens is 2. The molecule has 2 atom stereocenters. The van der Waals surface area contributed by atoms with E-state index in [0.29, 0.717) is 13.0 Å². The highest BCUT2D eigenvalue weighted by Crippen LogP contribution is 2.36. The number of benzene rings is 2. The molecule has 1 heterocycles. The van der Waals surface area contributed by atoms with Crippen molar-refractivity contribution in [1.82, 2.24) is 9.78 Å². The van der Waals surface area contributed by atoms with E-state index in [9.17, 15) is 8.42 Å². The van der Waals surface area contributed by atoms with Crippen molar-refractivity contribution < 1.29 is 13.2 Å². The second-order valence-electron chi connectivity index (χ2n) is 8.37. The number of ether oxygens (including phenoxy) is 1. The Kier molecular flexibility index (Phi) is 6.88. The molecule has 2 N–H and O–H groups in total. The molecule has 0 fully saturated rings. The molecule has 8 heteroatoms. The summed E-state index contributed by atoms with van der Waals surface area (Å²) >= 11 is 6.17. The lowest BCUT2D eigenvalue weighted by Crippen LogP contribution is -2.34. The molecular weight excluding hydrogens is 446 g/mol. The van der Waals surface area contributed by atoms with Gasteiger partial charge in [-0.3, -0.25) is 4.68 Å². The summed E-state index contributed by atoms with van der Waals surface area (Å²) in [4.78, 5) is 0.242. The summed E-state index contributed by atoms with van der Waals surface area (Å²) in [5.74, 6) is 0.950. The summed E-state index contributed by atoms with van der Waals surface area (Å²) < 4.78 is 32.2. The molecule has 0 aliphatic heterocycles. The van der Waals surface area contributed by atoms with Gasteiger partial charge in [0.05, 0.1) is 18.6 Å². The Labute approximate surface area is 194 Å². The maximum Gasteiger partial charge on any atom is 0.181 e. The van der Waals surface area contributed by atoms with Gasteiger partial charge in [0.15, 0.2) is 9.84 Å². The first-order valence-corrected chi connectivity index (χ1v) is 12.8. The number of nitrogens with two attached hydrogens (primary N) is 1. The number of halogens is 1. The van der Waals surface area contributed by atoms with Crippen LogP contribution in [0.4, 0.5) is 0 Å². The van der Waals surface area contributed by atoms with Crippen molar-refractivity contribution in [3.8, 4) is 5.75 Å². The zero-order valence-corrected chi connectivity index (χ0v) is 19.6. The molecule has 32 heavy (non-hydrogen) atoms. The van der Waals surface area contributed by atoms with Crippen LogP contribution in [0.15, 0.2) is 59.8 Å². The van der Waals surface area contributed by atoms with Crippen LogP contribution in [0.25, 0.3) is 0 Å². The van der Waals surface area contributed by atoms with Gasteiger partial charge in [-0.25, -0.2) is 8.42 Å². The van der Waals surface area contributed by atoms with Crippen molar-refractivity contribution in [3.05, 3.63) is 76.6 Å². The number of hydrogen-bond acceptors (Lipinski definition) is 5. The van der Waals surface area contributed by atoms with E-state index in [2.05, 4.69) is 23.3 Å². The van der Waals surface area contributed by atoms with Crippen molar-refractivity contribution in [2.45, 2.75) is 42.5 Å². The molecule has 1 aromatic heterocycles. The second kappa shape index (κ2) is 9.65. The molecule has 1 aliphatic carbocycles. The van der Waals surface area contributed by atoms with Crippen LogP contribution >= 0.6 is 11.6 Å². The molecule has 4 rings (SSSR count). The molecule has 1 aliphatic rings. The SMILES string of the molecule is Cn1cc(S(=O)(=O)CCCOc2ccc3c(c2)C(Cc2cccc(Cl)c2)C(N)CC3)cn1. The minimum atomic E-state index is -3.35. The predicted molar refractivity (Wildman–Crippen MR) is 126 cm³/mol. The molecule has 3 aromatic rings. The fourth-order valence-electron chi connectivity index (χ4n) is 4.29. The van der Waals surface area contributed by atoms with Crippen LogP contribution in [0.2, 0.25) is 5.02 Å². The number of hydrogen-bond donors (Lipinski definition) is 1. The third-order valence-corrected chi connectivity index (χ3v) is 7.98. The Morgan fingerprint density at radius 3 is 2.84 bits per heavy atom. The summed E-state index contributed by atoms with van der Waals surface area (Å²) in [5.41, 5.74) is 10.2. The molecule has 0 radical (unpaired) electrons. The van der Waals surface area contributed by atoms with Gasteiger partial charge in [-0.2, -0.15) is 5.10 Å². The van der Waals surface area contributed by atoms with Gasteiger partial charge in [0, 0.05) is 30.2 Å². The fourth-order valence-corrected chi connectivity index (χ4v) is 5.75. The quantitative estimate of drug-likeness (QED) is 0.501. The first kappa shape index (κ1) is 22.8. The summed E-state index contributed by atoms with van der Waals surface area (Å²) in [6.45, 7) is 0.323. The lowest BCUT2D eigenvalue weighted by molar-refractivity contribution is 0.316. The van der Waals surface area contributed by atoms with Crippen LogP contribution < -0.4 is 10.5 Å². The number of fused-ring (bicyclic) bond motifs is 1. The van der Waals surface area contributed by atoms with Gasteiger partial charge >= 0.3 is 0 Å². The molecule has 0 spiro atoms. The van der Waals surface area contributed by atoms with Crippen LogP contribution in [-0.2, 0) is 29.7 Å². The van der Waals surface area contributed by atoms with Crippen LogP contribution in [0, 0.1) is 0 Å². The van der Waals surface area contributed by atoms with Gasteiger partial charge in [-0.15, -0.1) is 0 Å². The first-order chi connectivity index (χ1) is 15.3. The topological polar surface area (TPSA) is 87.2 Å². The minimum Gasteiger partial charge on any atom is -0.494 e. The van der Waals surface area contributed by atoms with E-state index in [1.807, 2.05) is 24.3 Å². The molecule has 0 bridgehead atoms. The first-order valence-electron chi connectivity index (χ1n) is 10.8. The largest absolute Gasteiger partial charge is 0.494 e. The third kappa shape index (κ3) is 5.34. The number of sulfone groups is 1. The molecule has 0 amide bonds. The number of nitrogens with zero attached hydrogens (tertiary/aromatic N) is 2. The molecule has 0 saturated carbocycles. The van der Waals surface area contributed by atoms with E-state index in [-0.39, 0.29) is 22.6 Å². The summed E-state index contributed by atoms with van der Waals surface area (Å²) in [7, 11) is -1.65. The highest BCUT2D eigenvalue weighted by Gasteiger charge is 2.27. The molecular formula is C24H28ClN3O3S. The summed E-state index contributed by atoms with van der Waals surface area (Å²) in [5, 5.41) is 4.66. The van der Waals surface area contributed by atoms with Crippen molar-refractivity contribution in [3.63, 3.8) is 0 Å². The Morgan fingerprint density at radius 1 is 1.25 bits per heavy atom. The molecule has 2 unspecified atom stereocenters. The predicted octanol–water partition coefficient (Wildman–Crippen LogP) is 3.92. The van der Waals surface area contributed by atoms with Crippen molar-refractivity contribution in [1.29, 1.82) is 0 Å². The van der Waals surface area contributed by atoms with Gasteiger partial charge in [0.2, 0.25) is 0 Å². The van der Waals surface area contributed by atoms with Crippen LogP contribution in [0.3, 0.4) is 0 Å². The molecule has 6 nitrogen and oxygen atoms in total. The zero-order chi connectivity index (χ0) is 22.7. The Bertz CT molecular complexity index is 1190. The average molecular weight is 474 g/mol. The normalized spacial score (nSPS) is 18.3. The standard InChI is InChI=1S/C24H28ClN3O3S/c1-28-16-21(15-27-28)32(29,30)11-3-10-31-20-8-6-18-7-9-24(26)23(22(18)14-20)13-17-4-2-5-19(25)12-17/h2,4-6,8,12,14-16,23-24H,3,7,9-11,13,26H2,1H3. The van der Waals surface area contributed by atoms with Gasteiger partial charge in [-0.05, 0) is 66.6 Å². The monoisotopic (exact) mass is 473 g/mol. The molecule has 170 valence electrons. The molecule has 0 saturated heterocycles. The summed E-state index contributed by atoms with van der Waals surface area (Å²) in [6.07, 6.45) is 6.02. The highest BCUT2D eigenvalue weighted by atomic mass is 35.5. The van der Waals surface area contributed by atoms with Crippen molar-refractivity contribution in [2.24, 2.45) is 12.8 Å². The van der Waals surface area contributed by atoms with Gasteiger partial charge < -0.3 is 10.5 Å². The Hall–Kier alpha value is -2.35. The van der Waals surface area contributed by atoms with Gasteiger partial charge in [0.25, 0.3) is 0 Å². The van der Waals surface area contributed by atoms with Gasteiger partial charge in [-0.1, -0.05) is 29.8 Å². The van der Waals surface area contributed by atoms with Crippen molar-refractivity contribution in [2.75, 3.05) is 12.4 Å².